The Kier molecular flexibility index (Phi) is 11.4. The molecule has 33 heavy (non-hydrogen) atoms. The monoisotopic (exact) mass is 467 g/mol. The van der Waals surface area contributed by atoms with E-state index in [2.05, 4.69) is 0 Å². The Bertz CT molecular complexity index is 740. The lowest BCUT2D eigenvalue weighted by Crippen LogP contribution is -2.31. The summed E-state index contributed by atoms with van der Waals surface area (Å²) in [7, 11) is 0. The Morgan fingerprint density at radius 2 is 1.15 bits per heavy atom. The number of esters is 1. The second-order valence-corrected chi connectivity index (χ2v) is 8.07. The molecule has 2 amide bonds. The lowest BCUT2D eigenvalue weighted by Gasteiger charge is -2.19. The normalized spacial score (nSPS) is 13.5. The fraction of sp³-hybridized carbons (Fsp3) is 0.609. The average Bonchev–Trinajstić information content (AvgIpc) is 3.00. The minimum atomic E-state index is -0.485. The largest absolute Gasteiger partial charge is 0.460 e. The Labute approximate surface area is 194 Å². The number of carbonyl (C=O) groups excluding carboxylic acids is 3. The molecule has 0 saturated carbocycles. The minimum absolute atomic E-state index is 0.0719. The van der Waals surface area contributed by atoms with Gasteiger partial charge in [-0.1, -0.05) is 12.1 Å². The molecule has 0 N–H and O–H groups in total. The summed E-state index contributed by atoms with van der Waals surface area (Å²) in [6.07, 6.45) is 0.212. The Balaban J connectivity index is 1.35. The Morgan fingerprint density at radius 3 is 1.61 bits per heavy atom. The highest BCUT2D eigenvalue weighted by molar-refractivity contribution is 6.20. The molecule has 10 heteroatoms. The van der Waals surface area contributed by atoms with Crippen molar-refractivity contribution >= 4 is 17.8 Å². The molecule has 0 bridgehead atoms. The summed E-state index contributed by atoms with van der Waals surface area (Å²) in [6.45, 7) is 8.39. The van der Waals surface area contributed by atoms with Crippen molar-refractivity contribution in [3.05, 3.63) is 35.4 Å². The average molecular weight is 468 g/mol. The molecule has 184 valence electrons. The van der Waals surface area contributed by atoms with Gasteiger partial charge >= 0.3 is 5.97 Å². The third-order valence-electron chi connectivity index (χ3n) is 4.19. The third-order valence-corrected chi connectivity index (χ3v) is 4.19. The number of ether oxygens (including phenoxy) is 5. The van der Waals surface area contributed by atoms with Crippen molar-refractivity contribution in [2.75, 3.05) is 59.5 Å². The van der Waals surface area contributed by atoms with Gasteiger partial charge in [0.2, 0.25) is 0 Å². The fourth-order valence-corrected chi connectivity index (χ4v) is 2.78. The van der Waals surface area contributed by atoms with Crippen LogP contribution in [0.15, 0.2) is 24.3 Å². The second-order valence-electron chi connectivity index (χ2n) is 8.07. The van der Waals surface area contributed by atoms with E-state index in [1.54, 1.807) is 24.3 Å². The van der Waals surface area contributed by atoms with Gasteiger partial charge in [0.05, 0.1) is 77.0 Å². The molecule has 0 atom stereocenters. The highest BCUT2D eigenvalue weighted by atomic mass is 16.7. The van der Waals surface area contributed by atoms with E-state index < -0.39 is 17.4 Å². The van der Waals surface area contributed by atoms with Gasteiger partial charge in [0.15, 0.2) is 0 Å². The molecule has 0 unspecified atom stereocenters. The number of imide groups is 1. The van der Waals surface area contributed by atoms with E-state index in [0.717, 1.165) is 5.06 Å². The van der Waals surface area contributed by atoms with Gasteiger partial charge in [-0.25, -0.2) is 0 Å². The quantitative estimate of drug-likeness (QED) is 0.205. The van der Waals surface area contributed by atoms with Crippen LogP contribution in [0.2, 0.25) is 0 Å². The first-order chi connectivity index (χ1) is 15.8. The van der Waals surface area contributed by atoms with Crippen LogP contribution in [-0.2, 0) is 33.3 Å². The van der Waals surface area contributed by atoms with Gasteiger partial charge in [-0.3, -0.25) is 19.2 Å². The molecule has 0 aromatic heterocycles. The van der Waals surface area contributed by atoms with Crippen LogP contribution in [-0.4, -0.2) is 87.9 Å². The molecule has 1 aromatic rings. The molecule has 0 radical (unpaired) electrons. The van der Waals surface area contributed by atoms with E-state index >= 15 is 0 Å². The summed E-state index contributed by atoms with van der Waals surface area (Å²) >= 11 is 0. The van der Waals surface area contributed by atoms with Crippen molar-refractivity contribution in [1.82, 2.24) is 5.06 Å². The number of carbonyl (C=O) groups is 3. The van der Waals surface area contributed by atoms with Gasteiger partial charge in [0.1, 0.15) is 5.60 Å². The molecule has 1 aromatic carbocycles. The van der Waals surface area contributed by atoms with Crippen molar-refractivity contribution in [3.8, 4) is 0 Å². The van der Waals surface area contributed by atoms with Gasteiger partial charge in [-0.15, -0.1) is 5.06 Å². The molecule has 1 aliphatic heterocycles. The summed E-state index contributed by atoms with van der Waals surface area (Å²) in [6, 6.07) is 6.58. The molecule has 1 heterocycles. The zero-order valence-corrected chi connectivity index (χ0v) is 19.5. The van der Waals surface area contributed by atoms with E-state index in [0.29, 0.717) is 57.4 Å². The number of amides is 2. The van der Waals surface area contributed by atoms with Gasteiger partial charge < -0.3 is 23.7 Å². The Morgan fingerprint density at radius 1 is 0.727 bits per heavy atom. The predicted molar refractivity (Wildman–Crippen MR) is 117 cm³/mol. The van der Waals surface area contributed by atoms with Crippen molar-refractivity contribution in [3.63, 3.8) is 0 Å². The highest BCUT2D eigenvalue weighted by Crippen LogP contribution is 2.22. The fourth-order valence-electron chi connectivity index (χ4n) is 2.78. The highest BCUT2D eigenvalue weighted by Gasteiger charge is 2.36. The van der Waals surface area contributed by atoms with E-state index in [9.17, 15) is 14.4 Å². The Hall–Kier alpha value is -2.37. The zero-order valence-electron chi connectivity index (χ0n) is 19.5. The maximum atomic E-state index is 12.1. The lowest BCUT2D eigenvalue weighted by atomic mass is 10.1. The molecule has 2 rings (SSSR count). The first-order valence-corrected chi connectivity index (χ1v) is 10.9. The summed E-state index contributed by atoms with van der Waals surface area (Å²) in [5.74, 6) is -1.21. The zero-order chi connectivity index (χ0) is 24.1. The molecule has 1 aliphatic rings. The smallest absolute Gasteiger partial charge is 0.308 e. The van der Waals surface area contributed by atoms with Crippen molar-refractivity contribution in [2.45, 2.75) is 32.8 Å². The van der Waals surface area contributed by atoms with Crippen LogP contribution in [0.4, 0.5) is 0 Å². The van der Waals surface area contributed by atoms with Crippen molar-refractivity contribution < 1.29 is 42.9 Å². The van der Waals surface area contributed by atoms with E-state index in [4.69, 9.17) is 28.5 Å². The number of hydroxylamine groups is 2. The van der Waals surface area contributed by atoms with E-state index in [-0.39, 0.29) is 25.6 Å². The molecular weight excluding hydrogens is 434 g/mol. The molecule has 10 nitrogen and oxygen atoms in total. The topological polar surface area (TPSA) is 110 Å². The molecule has 0 spiro atoms. The molecule has 0 aliphatic carbocycles. The summed E-state index contributed by atoms with van der Waals surface area (Å²) in [4.78, 5) is 41.0. The van der Waals surface area contributed by atoms with Crippen LogP contribution in [0.25, 0.3) is 0 Å². The SMILES string of the molecule is CC(C)(C)OC(=O)CCOCCOCCOCCOCCON1C(=O)c2ccccc2C1=O. The number of hydrogen-bond donors (Lipinski definition) is 0. The first-order valence-electron chi connectivity index (χ1n) is 10.9. The number of fused-ring (bicyclic) bond motifs is 1. The van der Waals surface area contributed by atoms with Crippen molar-refractivity contribution in [1.29, 1.82) is 0 Å². The van der Waals surface area contributed by atoms with Gasteiger partial charge in [-0.05, 0) is 32.9 Å². The van der Waals surface area contributed by atoms with Crippen LogP contribution in [0, 0.1) is 0 Å². The maximum Gasteiger partial charge on any atom is 0.308 e. The first kappa shape index (κ1) is 26.9. The maximum absolute atomic E-state index is 12.1. The third kappa shape index (κ3) is 9.97. The minimum Gasteiger partial charge on any atom is -0.460 e. The van der Waals surface area contributed by atoms with Crippen LogP contribution in [0.5, 0.6) is 0 Å². The van der Waals surface area contributed by atoms with Gasteiger partial charge in [0.25, 0.3) is 11.8 Å². The van der Waals surface area contributed by atoms with E-state index in [1.807, 2.05) is 20.8 Å². The van der Waals surface area contributed by atoms with E-state index in [1.165, 1.54) is 0 Å². The van der Waals surface area contributed by atoms with Crippen LogP contribution in [0.1, 0.15) is 47.9 Å². The molecule has 0 fully saturated rings. The van der Waals surface area contributed by atoms with Crippen LogP contribution < -0.4 is 0 Å². The van der Waals surface area contributed by atoms with Gasteiger partial charge in [-0.2, -0.15) is 0 Å². The summed E-state index contributed by atoms with van der Waals surface area (Å²) < 4.78 is 26.6. The number of benzene rings is 1. The number of nitrogens with zero attached hydrogens (tertiary/aromatic N) is 1. The predicted octanol–water partition coefficient (Wildman–Crippen LogP) is 2.01. The molecular formula is C23H33NO9. The van der Waals surface area contributed by atoms with Crippen LogP contribution >= 0.6 is 0 Å². The lowest BCUT2D eigenvalue weighted by molar-refractivity contribution is -0.156. The van der Waals surface area contributed by atoms with Crippen LogP contribution in [0.3, 0.4) is 0 Å². The number of hydrogen-bond acceptors (Lipinski definition) is 9. The molecule has 0 saturated heterocycles. The second kappa shape index (κ2) is 14.0. The number of rotatable bonds is 16. The standard InChI is InChI=1S/C23H33NO9/c1-23(2,3)33-20(25)8-9-28-10-11-29-12-13-30-14-15-31-16-17-32-24-21(26)18-6-4-5-7-19(18)22(24)27/h4-7H,8-17H2,1-3H3. The summed E-state index contributed by atoms with van der Waals surface area (Å²) in [5.41, 5.74) is 0.193. The summed E-state index contributed by atoms with van der Waals surface area (Å²) in [5, 5.41) is 0.767. The van der Waals surface area contributed by atoms with Gasteiger partial charge in [0, 0.05) is 0 Å². The van der Waals surface area contributed by atoms with Crippen molar-refractivity contribution in [2.24, 2.45) is 0 Å².